The third kappa shape index (κ3) is 4.30. The molecular formula is C15H23N3O2. The molecule has 20 heavy (non-hydrogen) atoms. The molecule has 0 bridgehead atoms. The van der Waals surface area contributed by atoms with Crippen molar-refractivity contribution < 1.29 is 9.53 Å². The van der Waals surface area contributed by atoms with Gasteiger partial charge in [-0.2, -0.15) is 0 Å². The summed E-state index contributed by atoms with van der Waals surface area (Å²) in [5.41, 5.74) is 0.884. The molecule has 1 aliphatic rings. The SMILES string of the molecule is COC(C(=O)NCCN1CCNCC1)c1ccccc1. The highest BCUT2D eigenvalue weighted by atomic mass is 16.5. The van der Waals surface area contributed by atoms with Gasteiger partial charge in [0.05, 0.1) is 0 Å². The van der Waals surface area contributed by atoms with E-state index in [1.54, 1.807) is 7.11 Å². The van der Waals surface area contributed by atoms with Gasteiger partial charge < -0.3 is 15.4 Å². The first kappa shape index (κ1) is 15.0. The number of hydrogen-bond acceptors (Lipinski definition) is 4. The van der Waals surface area contributed by atoms with Gasteiger partial charge in [0, 0.05) is 46.4 Å². The van der Waals surface area contributed by atoms with Crippen molar-refractivity contribution in [1.29, 1.82) is 0 Å². The van der Waals surface area contributed by atoms with Gasteiger partial charge in [-0.05, 0) is 5.56 Å². The summed E-state index contributed by atoms with van der Waals surface area (Å²) in [4.78, 5) is 14.5. The van der Waals surface area contributed by atoms with Crippen molar-refractivity contribution in [3.63, 3.8) is 0 Å². The highest BCUT2D eigenvalue weighted by Gasteiger charge is 2.19. The van der Waals surface area contributed by atoms with E-state index in [0.29, 0.717) is 6.54 Å². The van der Waals surface area contributed by atoms with Crippen LogP contribution in [0.3, 0.4) is 0 Å². The van der Waals surface area contributed by atoms with Crippen molar-refractivity contribution in [2.45, 2.75) is 6.10 Å². The summed E-state index contributed by atoms with van der Waals surface area (Å²) in [6.45, 7) is 5.69. The largest absolute Gasteiger partial charge is 0.367 e. The van der Waals surface area contributed by atoms with E-state index in [-0.39, 0.29) is 5.91 Å². The number of ether oxygens (including phenoxy) is 1. The Morgan fingerprint density at radius 2 is 2.05 bits per heavy atom. The van der Waals surface area contributed by atoms with E-state index >= 15 is 0 Å². The molecule has 1 aliphatic heterocycles. The Morgan fingerprint density at radius 1 is 1.35 bits per heavy atom. The van der Waals surface area contributed by atoms with Crippen LogP contribution in [-0.4, -0.2) is 57.2 Å². The molecule has 5 heteroatoms. The summed E-state index contributed by atoms with van der Waals surface area (Å²) in [5.74, 6) is -0.0752. The van der Waals surface area contributed by atoms with Crippen molar-refractivity contribution in [2.24, 2.45) is 0 Å². The van der Waals surface area contributed by atoms with Gasteiger partial charge in [-0.3, -0.25) is 9.69 Å². The second-order valence-corrected chi connectivity index (χ2v) is 4.91. The first-order valence-electron chi connectivity index (χ1n) is 7.10. The zero-order valence-electron chi connectivity index (χ0n) is 12.0. The molecule has 1 amide bonds. The van der Waals surface area contributed by atoms with Gasteiger partial charge in [-0.25, -0.2) is 0 Å². The fraction of sp³-hybridized carbons (Fsp3) is 0.533. The Morgan fingerprint density at radius 3 is 2.70 bits per heavy atom. The first-order chi connectivity index (χ1) is 9.81. The standard InChI is InChI=1S/C15H23N3O2/c1-20-14(13-5-3-2-4-6-13)15(19)17-9-12-18-10-7-16-8-11-18/h2-6,14,16H,7-12H2,1H3,(H,17,19). The minimum atomic E-state index is -0.528. The molecule has 1 atom stereocenters. The number of carbonyl (C=O) groups excluding carboxylic acids is 1. The molecule has 1 saturated heterocycles. The first-order valence-corrected chi connectivity index (χ1v) is 7.10. The highest BCUT2D eigenvalue weighted by molar-refractivity contribution is 5.82. The number of nitrogens with one attached hydrogen (secondary N) is 2. The van der Waals surface area contributed by atoms with E-state index in [1.807, 2.05) is 30.3 Å². The molecule has 2 rings (SSSR count). The van der Waals surface area contributed by atoms with Crippen LogP contribution in [0, 0.1) is 0 Å². The lowest BCUT2D eigenvalue weighted by Gasteiger charge is -2.27. The van der Waals surface area contributed by atoms with Gasteiger partial charge in [0.2, 0.25) is 0 Å². The maximum absolute atomic E-state index is 12.1. The lowest BCUT2D eigenvalue weighted by Crippen LogP contribution is -2.46. The molecule has 110 valence electrons. The molecule has 0 aromatic heterocycles. The fourth-order valence-corrected chi connectivity index (χ4v) is 2.39. The van der Waals surface area contributed by atoms with Gasteiger partial charge in [-0.15, -0.1) is 0 Å². The number of hydrogen-bond donors (Lipinski definition) is 2. The average Bonchev–Trinajstić information content (AvgIpc) is 2.50. The van der Waals surface area contributed by atoms with E-state index < -0.39 is 6.10 Å². The van der Waals surface area contributed by atoms with Gasteiger partial charge >= 0.3 is 0 Å². The van der Waals surface area contributed by atoms with Crippen LogP contribution in [0.15, 0.2) is 30.3 Å². The summed E-state index contributed by atoms with van der Waals surface area (Å²) in [7, 11) is 1.56. The Bertz CT molecular complexity index is 405. The lowest BCUT2D eigenvalue weighted by atomic mass is 10.1. The predicted molar refractivity (Wildman–Crippen MR) is 78.5 cm³/mol. The number of rotatable bonds is 6. The second-order valence-electron chi connectivity index (χ2n) is 4.91. The molecular weight excluding hydrogens is 254 g/mol. The smallest absolute Gasteiger partial charge is 0.253 e. The molecule has 0 radical (unpaired) electrons. The van der Waals surface area contributed by atoms with Gasteiger partial charge in [0.25, 0.3) is 5.91 Å². The molecule has 0 aliphatic carbocycles. The van der Waals surface area contributed by atoms with Crippen molar-refractivity contribution in [3.05, 3.63) is 35.9 Å². The predicted octanol–water partition coefficient (Wildman–Crippen LogP) is 0.396. The maximum Gasteiger partial charge on any atom is 0.253 e. The number of piperazine rings is 1. The monoisotopic (exact) mass is 277 g/mol. The van der Waals surface area contributed by atoms with Crippen molar-refractivity contribution in [2.75, 3.05) is 46.4 Å². The van der Waals surface area contributed by atoms with Crippen molar-refractivity contribution >= 4 is 5.91 Å². The molecule has 1 aromatic carbocycles. The molecule has 5 nitrogen and oxygen atoms in total. The summed E-state index contributed by atoms with van der Waals surface area (Å²) < 4.78 is 5.31. The molecule has 1 heterocycles. The van der Waals surface area contributed by atoms with E-state index in [9.17, 15) is 4.79 Å². The van der Waals surface area contributed by atoms with Crippen LogP contribution in [0.5, 0.6) is 0 Å². The highest BCUT2D eigenvalue weighted by Crippen LogP contribution is 2.15. The topological polar surface area (TPSA) is 53.6 Å². The summed E-state index contributed by atoms with van der Waals surface area (Å²) in [6.07, 6.45) is -0.528. The molecule has 0 saturated carbocycles. The zero-order chi connectivity index (χ0) is 14.2. The van der Waals surface area contributed by atoms with Gasteiger partial charge in [0.15, 0.2) is 6.10 Å². The molecule has 0 spiro atoms. The van der Waals surface area contributed by atoms with E-state index in [2.05, 4.69) is 15.5 Å². The number of benzene rings is 1. The Kier molecular flexibility index (Phi) is 5.98. The Hall–Kier alpha value is -1.43. The van der Waals surface area contributed by atoms with Crippen LogP contribution >= 0.6 is 0 Å². The summed E-state index contributed by atoms with van der Waals surface area (Å²) >= 11 is 0. The van der Waals surface area contributed by atoms with Crippen LogP contribution in [0.1, 0.15) is 11.7 Å². The third-order valence-corrected chi connectivity index (χ3v) is 3.51. The zero-order valence-corrected chi connectivity index (χ0v) is 12.0. The average molecular weight is 277 g/mol. The third-order valence-electron chi connectivity index (χ3n) is 3.51. The Labute approximate surface area is 120 Å². The normalized spacial score (nSPS) is 17.6. The van der Waals surface area contributed by atoms with Crippen molar-refractivity contribution in [1.82, 2.24) is 15.5 Å². The van der Waals surface area contributed by atoms with Crippen LogP contribution in [0.25, 0.3) is 0 Å². The molecule has 2 N–H and O–H groups in total. The van der Waals surface area contributed by atoms with Crippen LogP contribution in [0.4, 0.5) is 0 Å². The van der Waals surface area contributed by atoms with Crippen LogP contribution in [0.2, 0.25) is 0 Å². The van der Waals surface area contributed by atoms with E-state index in [0.717, 1.165) is 38.3 Å². The van der Waals surface area contributed by atoms with Crippen LogP contribution in [-0.2, 0) is 9.53 Å². The minimum absolute atomic E-state index is 0.0752. The lowest BCUT2D eigenvalue weighted by molar-refractivity contribution is -0.131. The van der Waals surface area contributed by atoms with Crippen molar-refractivity contribution in [3.8, 4) is 0 Å². The summed E-state index contributed by atoms with van der Waals surface area (Å²) in [5, 5.41) is 6.27. The van der Waals surface area contributed by atoms with Crippen LogP contribution < -0.4 is 10.6 Å². The molecule has 1 fully saturated rings. The quantitative estimate of drug-likeness (QED) is 0.790. The number of amides is 1. The summed E-state index contributed by atoms with van der Waals surface area (Å²) in [6, 6.07) is 9.57. The number of nitrogens with zero attached hydrogens (tertiary/aromatic N) is 1. The number of methoxy groups -OCH3 is 1. The maximum atomic E-state index is 12.1. The van der Waals surface area contributed by atoms with E-state index in [4.69, 9.17) is 4.74 Å². The minimum Gasteiger partial charge on any atom is -0.367 e. The Balaban J connectivity index is 1.78. The van der Waals surface area contributed by atoms with Gasteiger partial charge in [0.1, 0.15) is 0 Å². The second kappa shape index (κ2) is 7.99. The number of carbonyl (C=O) groups is 1. The van der Waals surface area contributed by atoms with Gasteiger partial charge in [-0.1, -0.05) is 30.3 Å². The van der Waals surface area contributed by atoms with E-state index in [1.165, 1.54) is 0 Å². The molecule has 1 aromatic rings. The fourth-order valence-electron chi connectivity index (χ4n) is 2.39. The molecule has 1 unspecified atom stereocenters.